The van der Waals surface area contributed by atoms with E-state index in [1.54, 1.807) is 29.2 Å². The number of aliphatic hydroxyl groups excluding tert-OH is 1. The van der Waals surface area contributed by atoms with Crippen LogP contribution < -0.4 is 5.32 Å². The number of thiazole rings is 1. The van der Waals surface area contributed by atoms with Gasteiger partial charge in [-0.05, 0) is 42.5 Å². The lowest BCUT2D eigenvalue weighted by molar-refractivity contribution is -0.148. The van der Waals surface area contributed by atoms with E-state index in [0.717, 1.165) is 27.3 Å². The second-order valence-electron chi connectivity index (χ2n) is 11.0. The van der Waals surface area contributed by atoms with Gasteiger partial charge in [-0.3, -0.25) is 14.4 Å². The van der Waals surface area contributed by atoms with E-state index in [0.29, 0.717) is 18.7 Å². The topological polar surface area (TPSA) is 103 Å². The molecule has 8 nitrogen and oxygen atoms in total. The van der Waals surface area contributed by atoms with Gasteiger partial charge < -0.3 is 20.2 Å². The van der Waals surface area contributed by atoms with E-state index >= 15 is 0 Å². The molecule has 1 saturated heterocycles. The van der Waals surface area contributed by atoms with Crippen molar-refractivity contribution < 1.29 is 19.5 Å². The number of aryl methyl sites for hydroxylation is 1. The van der Waals surface area contributed by atoms with Crippen molar-refractivity contribution in [2.75, 3.05) is 6.54 Å². The first-order valence-corrected chi connectivity index (χ1v) is 14.1. The minimum absolute atomic E-state index is 0.0455. The Labute approximate surface area is 232 Å². The Hall–Kier alpha value is -3.56. The smallest absolute Gasteiger partial charge is 0.255 e. The molecule has 5 rings (SSSR count). The van der Waals surface area contributed by atoms with Crippen LogP contribution in [0.15, 0.2) is 54.0 Å². The van der Waals surface area contributed by atoms with Crippen LogP contribution in [-0.4, -0.2) is 61.8 Å². The molecule has 3 aromatic rings. The number of benzene rings is 2. The summed E-state index contributed by atoms with van der Waals surface area (Å²) in [5.41, 5.74) is 5.07. The highest BCUT2D eigenvalue weighted by Crippen LogP contribution is 2.34. The molecule has 0 bridgehead atoms. The van der Waals surface area contributed by atoms with Gasteiger partial charge in [-0.15, -0.1) is 11.3 Å². The third-order valence-electron chi connectivity index (χ3n) is 7.86. The fourth-order valence-corrected chi connectivity index (χ4v) is 6.57. The van der Waals surface area contributed by atoms with Gasteiger partial charge in [0.05, 0.1) is 22.2 Å². The summed E-state index contributed by atoms with van der Waals surface area (Å²) >= 11 is 1.59. The predicted molar refractivity (Wildman–Crippen MR) is 150 cm³/mol. The van der Waals surface area contributed by atoms with Crippen LogP contribution in [0, 0.1) is 12.8 Å². The number of aromatic nitrogens is 1. The largest absolute Gasteiger partial charge is 0.391 e. The van der Waals surface area contributed by atoms with E-state index in [1.165, 1.54) is 4.90 Å². The number of nitrogens with one attached hydrogen (secondary N) is 1. The van der Waals surface area contributed by atoms with Crippen LogP contribution in [0.4, 0.5) is 0 Å². The minimum atomic E-state index is -1.24. The highest BCUT2D eigenvalue weighted by Gasteiger charge is 2.52. The van der Waals surface area contributed by atoms with E-state index in [-0.39, 0.29) is 36.6 Å². The Morgan fingerprint density at radius 2 is 1.90 bits per heavy atom. The number of carbonyl (C=O) groups is 3. The molecule has 1 aromatic heterocycles. The van der Waals surface area contributed by atoms with Crippen molar-refractivity contribution in [1.82, 2.24) is 20.1 Å². The zero-order chi connectivity index (χ0) is 27.9. The monoisotopic (exact) mass is 546 g/mol. The van der Waals surface area contributed by atoms with Gasteiger partial charge in [0.15, 0.2) is 0 Å². The minimum Gasteiger partial charge on any atom is -0.391 e. The van der Waals surface area contributed by atoms with Crippen LogP contribution in [-0.2, 0) is 22.7 Å². The molecule has 0 spiro atoms. The Morgan fingerprint density at radius 1 is 1.18 bits per heavy atom. The molecule has 0 aliphatic carbocycles. The maximum atomic E-state index is 14.0. The quantitative estimate of drug-likeness (QED) is 0.470. The molecule has 3 atom stereocenters. The van der Waals surface area contributed by atoms with Crippen LogP contribution in [0.3, 0.4) is 0 Å². The van der Waals surface area contributed by atoms with E-state index in [9.17, 15) is 19.5 Å². The SMILES string of the molecule is Cc1ncsc1-c1ccc(CNC(=O)C2(C)C[C@@H](O)CN2C(=O)C(C(C)C)N2Cc3ccccc3C2=O)cc1. The third kappa shape index (κ3) is 4.96. The number of aliphatic hydroxyl groups is 1. The van der Waals surface area contributed by atoms with Gasteiger partial charge >= 0.3 is 0 Å². The molecule has 204 valence electrons. The molecule has 0 saturated carbocycles. The fraction of sp³-hybridized carbons (Fsp3) is 0.400. The van der Waals surface area contributed by atoms with Gasteiger partial charge in [-0.2, -0.15) is 0 Å². The maximum Gasteiger partial charge on any atom is 0.255 e. The van der Waals surface area contributed by atoms with E-state index in [2.05, 4.69) is 10.3 Å². The first-order valence-electron chi connectivity index (χ1n) is 13.3. The zero-order valence-electron chi connectivity index (χ0n) is 22.7. The molecule has 2 aliphatic rings. The van der Waals surface area contributed by atoms with Gasteiger partial charge in [0.25, 0.3) is 5.91 Å². The highest BCUT2D eigenvalue weighted by molar-refractivity contribution is 7.13. The summed E-state index contributed by atoms with van der Waals surface area (Å²) in [5.74, 6) is -1.00. The van der Waals surface area contributed by atoms with Crippen LogP contribution in [0.5, 0.6) is 0 Å². The van der Waals surface area contributed by atoms with Crippen molar-refractivity contribution in [3.8, 4) is 10.4 Å². The van der Waals surface area contributed by atoms with E-state index in [1.807, 2.05) is 68.7 Å². The first-order chi connectivity index (χ1) is 18.6. The van der Waals surface area contributed by atoms with Gasteiger partial charge in [-0.25, -0.2) is 4.98 Å². The number of β-amino-alcohol motifs (C(OH)–C–C–N with tert-alkyl or cyclic N) is 1. The normalized spacial score (nSPS) is 21.4. The average Bonchev–Trinajstić information content (AvgIpc) is 3.58. The summed E-state index contributed by atoms with van der Waals surface area (Å²) in [5, 5.41) is 13.6. The Balaban J connectivity index is 1.31. The van der Waals surface area contributed by atoms with Crippen molar-refractivity contribution in [3.05, 3.63) is 76.4 Å². The number of likely N-dealkylation sites (tertiary alicyclic amines) is 1. The summed E-state index contributed by atoms with van der Waals surface area (Å²) in [6, 6.07) is 14.6. The summed E-state index contributed by atoms with van der Waals surface area (Å²) in [4.78, 5) is 49.3. The van der Waals surface area contributed by atoms with Gasteiger partial charge in [0.1, 0.15) is 11.6 Å². The van der Waals surface area contributed by atoms with Gasteiger partial charge in [0.2, 0.25) is 11.8 Å². The van der Waals surface area contributed by atoms with Crippen LogP contribution >= 0.6 is 11.3 Å². The van der Waals surface area contributed by atoms with Crippen molar-refractivity contribution in [2.45, 2.75) is 64.9 Å². The second-order valence-corrected chi connectivity index (χ2v) is 11.9. The van der Waals surface area contributed by atoms with Gasteiger partial charge in [-0.1, -0.05) is 56.3 Å². The van der Waals surface area contributed by atoms with E-state index in [4.69, 9.17) is 0 Å². The molecule has 2 N–H and O–H groups in total. The fourth-order valence-electron chi connectivity index (χ4n) is 5.76. The lowest BCUT2D eigenvalue weighted by Gasteiger charge is -2.39. The molecular formula is C30H34N4O4S. The Kier molecular flexibility index (Phi) is 7.31. The van der Waals surface area contributed by atoms with Crippen LogP contribution in [0.25, 0.3) is 10.4 Å². The summed E-state index contributed by atoms with van der Waals surface area (Å²) in [6.45, 7) is 8.17. The number of nitrogens with zero attached hydrogens (tertiary/aromatic N) is 3. The molecule has 0 radical (unpaired) electrons. The lowest BCUT2D eigenvalue weighted by atomic mass is 9.94. The highest BCUT2D eigenvalue weighted by atomic mass is 32.1. The second kappa shape index (κ2) is 10.5. The maximum absolute atomic E-state index is 14.0. The molecule has 9 heteroatoms. The van der Waals surface area contributed by atoms with Gasteiger partial charge in [0, 0.05) is 31.6 Å². The number of hydrogen-bond acceptors (Lipinski definition) is 6. The molecule has 39 heavy (non-hydrogen) atoms. The average molecular weight is 547 g/mol. The van der Waals surface area contributed by atoms with Crippen molar-refractivity contribution in [1.29, 1.82) is 0 Å². The Morgan fingerprint density at radius 3 is 2.54 bits per heavy atom. The number of hydrogen-bond donors (Lipinski definition) is 2. The molecule has 1 fully saturated rings. The van der Waals surface area contributed by atoms with Crippen molar-refractivity contribution in [2.24, 2.45) is 5.92 Å². The predicted octanol–water partition coefficient (Wildman–Crippen LogP) is 3.77. The van der Waals surface area contributed by atoms with Crippen LogP contribution in [0.1, 0.15) is 54.4 Å². The number of fused-ring (bicyclic) bond motifs is 1. The molecule has 2 aliphatic heterocycles. The Bertz CT molecular complexity index is 1400. The van der Waals surface area contributed by atoms with Crippen LogP contribution in [0.2, 0.25) is 0 Å². The molecule has 3 amide bonds. The summed E-state index contributed by atoms with van der Waals surface area (Å²) in [7, 11) is 0. The number of carbonyl (C=O) groups excluding carboxylic acids is 3. The summed E-state index contributed by atoms with van der Waals surface area (Å²) in [6.07, 6.45) is -0.696. The molecule has 2 unspecified atom stereocenters. The lowest BCUT2D eigenvalue weighted by Crippen LogP contribution is -2.60. The third-order valence-corrected chi connectivity index (χ3v) is 8.84. The zero-order valence-corrected chi connectivity index (χ0v) is 23.5. The van der Waals surface area contributed by atoms with E-state index < -0.39 is 17.7 Å². The summed E-state index contributed by atoms with van der Waals surface area (Å²) < 4.78 is 0. The standard InChI is InChI=1S/C30H34N4O4S/c1-18(2)25(33-15-22-7-5-6-8-24(22)27(33)36)28(37)34-16-23(35)13-30(34,4)29(38)31-14-20-9-11-21(12-10-20)26-19(3)32-17-39-26/h5-12,17-18,23,25,35H,13-16H2,1-4H3,(H,31,38)/t23-,25?,30?/m1/s1. The number of rotatable bonds is 7. The molecule has 3 heterocycles. The first kappa shape index (κ1) is 27.0. The van der Waals surface area contributed by atoms with Crippen molar-refractivity contribution >= 4 is 29.1 Å². The van der Waals surface area contributed by atoms with Crippen molar-refractivity contribution in [3.63, 3.8) is 0 Å². The number of amides is 3. The molecule has 2 aromatic carbocycles. The molecular weight excluding hydrogens is 512 g/mol.